The Labute approximate surface area is 216 Å². The fourth-order valence-corrected chi connectivity index (χ4v) is 3.77. The molecule has 12 heteroatoms. The normalized spacial score (nSPS) is 11.1. The molecular weight excluding hydrogens is 498 g/mol. The van der Waals surface area contributed by atoms with Crippen LogP contribution in [-0.2, 0) is 9.53 Å². The number of nitrogens with zero attached hydrogens (tertiary/aromatic N) is 3. The summed E-state index contributed by atoms with van der Waals surface area (Å²) < 4.78 is 36.4. The number of primary amides is 1. The van der Waals surface area contributed by atoms with Crippen molar-refractivity contribution in [3.8, 4) is 17.0 Å². The van der Waals surface area contributed by atoms with Crippen LogP contribution in [-0.4, -0.2) is 52.6 Å². The third-order valence-electron chi connectivity index (χ3n) is 5.56. The number of nitrogens with one attached hydrogen (secondary N) is 2. The van der Waals surface area contributed by atoms with Crippen LogP contribution < -0.4 is 21.1 Å². The second kappa shape index (κ2) is 12.1. The maximum absolute atomic E-state index is 12.5. The number of imidazole rings is 1. The van der Waals surface area contributed by atoms with Gasteiger partial charge in [0.1, 0.15) is 5.75 Å². The molecule has 2 aromatic carbocycles. The highest BCUT2D eigenvalue weighted by Crippen LogP contribution is 2.27. The van der Waals surface area contributed by atoms with E-state index in [1.165, 1.54) is 12.1 Å². The fourth-order valence-electron chi connectivity index (χ4n) is 3.77. The molecule has 0 unspecified atom stereocenters. The summed E-state index contributed by atoms with van der Waals surface area (Å²) in [6, 6.07) is 11.6. The zero-order chi connectivity index (χ0) is 27.1. The predicted molar refractivity (Wildman–Crippen MR) is 136 cm³/mol. The monoisotopic (exact) mass is 524 g/mol. The Hall–Kier alpha value is -4.58. The van der Waals surface area contributed by atoms with Gasteiger partial charge in [-0.2, -0.15) is 8.78 Å². The molecule has 2 aromatic heterocycles. The summed E-state index contributed by atoms with van der Waals surface area (Å²) in [5, 5.41) is 6.02. The van der Waals surface area contributed by atoms with Crippen molar-refractivity contribution in [3.05, 3.63) is 72.2 Å². The number of ether oxygens (including phenoxy) is 2. The maximum Gasteiger partial charge on any atom is 0.387 e. The third kappa shape index (κ3) is 6.59. The molecule has 0 atom stereocenters. The Morgan fingerprint density at radius 3 is 2.61 bits per heavy atom. The lowest BCUT2D eigenvalue weighted by Gasteiger charge is -2.12. The van der Waals surface area contributed by atoms with Gasteiger partial charge in [-0.3, -0.25) is 14.0 Å². The van der Waals surface area contributed by atoms with Gasteiger partial charge in [0.05, 0.1) is 25.1 Å². The molecule has 2 amide bonds. The topological polar surface area (TPSA) is 133 Å². The molecular formula is C26H26F2N6O4. The number of anilines is 2. The van der Waals surface area contributed by atoms with E-state index < -0.39 is 12.5 Å². The fraction of sp³-hybridized carbons (Fsp3) is 0.231. The zero-order valence-electron chi connectivity index (χ0n) is 20.5. The van der Waals surface area contributed by atoms with Gasteiger partial charge in [0.15, 0.2) is 11.5 Å². The number of carbonyl (C=O) groups is 2. The van der Waals surface area contributed by atoms with Crippen molar-refractivity contribution in [2.75, 3.05) is 25.1 Å². The van der Waals surface area contributed by atoms with Crippen LogP contribution in [0, 0.1) is 6.92 Å². The molecule has 0 aliphatic rings. The summed E-state index contributed by atoms with van der Waals surface area (Å²) in [7, 11) is 0. The lowest BCUT2D eigenvalue weighted by molar-refractivity contribution is -0.119. The number of amides is 2. The van der Waals surface area contributed by atoms with E-state index in [2.05, 4.69) is 25.3 Å². The van der Waals surface area contributed by atoms with E-state index in [4.69, 9.17) is 10.5 Å². The van der Waals surface area contributed by atoms with Crippen molar-refractivity contribution in [2.24, 2.45) is 5.73 Å². The Bertz CT molecular complexity index is 1430. The number of aryl methyl sites for hydroxylation is 1. The number of rotatable bonds is 12. The molecule has 10 nitrogen and oxygen atoms in total. The molecule has 2 heterocycles. The summed E-state index contributed by atoms with van der Waals surface area (Å²) in [6.45, 7) is -0.275. The van der Waals surface area contributed by atoms with Gasteiger partial charge < -0.3 is 25.8 Å². The van der Waals surface area contributed by atoms with Crippen LogP contribution in [0.1, 0.15) is 22.3 Å². The molecule has 38 heavy (non-hydrogen) atoms. The van der Waals surface area contributed by atoms with E-state index in [9.17, 15) is 18.4 Å². The summed E-state index contributed by atoms with van der Waals surface area (Å²) in [6.07, 6.45) is 5.18. The summed E-state index contributed by atoms with van der Waals surface area (Å²) >= 11 is 0. The van der Waals surface area contributed by atoms with E-state index in [-0.39, 0.29) is 31.3 Å². The Morgan fingerprint density at radius 1 is 1.11 bits per heavy atom. The minimum absolute atomic E-state index is 0.0719. The van der Waals surface area contributed by atoms with E-state index in [0.29, 0.717) is 29.3 Å². The van der Waals surface area contributed by atoms with E-state index in [1.54, 1.807) is 42.9 Å². The van der Waals surface area contributed by atoms with Crippen LogP contribution >= 0.6 is 0 Å². The van der Waals surface area contributed by atoms with Gasteiger partial charge in [0, 0.05) is 42.2 Å². The molecule has 0 aliphatic carbocycles. The van der Waals surface area contributed by atoms with Gasteiger partial charge in [-0.05, 0) is 55.0 Å². The highest BCUT2D eigenvalue weighted by Gasteiger charge is 2.13. The zero-order valence-corrected chi connectivity index (χ0v) is 20.5. The molecule has 0 saturated heterocycles. The molecule has 0 aliphatic heterocycles. The SMILES string of the molecule is Cc1cc(Nc2nccn3c(-c4ccc(OC(F)F)cc4)cnc23)ccc1C(=O)NCCOCCC(N)=O. The standard InChI is InChI=1S/C26H26F2N6O4/c1-16-14-18(4-7-20(16)25(36)31-10-13-37-12-8-22(29)35)33-23-24-32-15-21(34(24)11-9-30-23)17-2-5-19(6-3-17)38-26(27)28/h2-7,9,11,14-15,26H,8,10,12-13H2,1H3,(H2,29,35)(H,30,33)(H,31,36). The van der Waals surface area contributed by atoms with Crippen LogP contribution in [0.2, 0.25) is 0 Å². The number of halogens is 2. The van der Waals surface area contributed by atoms with Crippen molar-refractivity contribution in [2.45, 2.75) is 20.0 Å². The van der Waals surface area contributed by atoms with Gasteiger partial charge in [-0.1, -0.05) is 0 Å². The van der Waals surface area contributed by atoms with Gasteiger partial charge in [0.2, 0.25) is 5.91 Å². The Kier molecular flexibility index (Phi) is 8.44. The van der Waals surface area contributed by atoms with Crippen LogP contribution in [0.3, 0.4) is 0 Å². The quantitative estimate of drug-likeness (QED) is 0.241. The number of fused-ring (bicyclic) bond motifs is 1. The highest BCUT2D eigenvalue weighted by molar-refractivity contribution is 5.96. The van der Waals surface area contributed by atoms with E-state index in [1.807, 2.05) is 17.4 Å². The lowest BCUT2D eigenvalue weighted by atomic mass is 10.1. The number of hydrogen-bond donors (Lipinski definition) is 3. The number of benzene rings is 2. The van der Waals surface area contributed by atoms with E-state index in [0.717, 1.165) is 16.8 Å². The molecule has 0 bridgehead atoms. The molecule has 198 valence electrons. The van der Waals surface area contributed by atoms with Gasteiger partial charge in [-0.15, -0.1) is 0 Å². The average Bonchev–Trinajstić information content (AvgIpc) is 3.31. The van der Waals surface area contributed by atoms with Crippen LogP contribution in [0.5, 0.6) is 5.75 Å². The van der Waals surface area contributed by atoms with Crippen molar-refractivity contribution in [1.29, 1.82) is 0 Å². The summed E-state index contributed by atoms with van der Waals surface area (Å²) in [4.78, 5) is 32.1. The van der Waals surface area contributed by atoms with Gasteiger partial charge in [0.25, 0.3) is 5.91 Å². The summed E-state index contributed by atoms with van der Waals surface area (Å²) in [5.74, 6) is -0.104. The minimum atomic E-state index is -2.89. The number of alkyl halides is 2. The molecule has 0 spiro atoms. The summed E-state index contributed by atoms with van der Waals surface area (Å²) in [5.41, 5.74) is 9.11. The lowest BCUT2D eigenvalue weighted by Crippen LogP contribution is -2.28. The second-order valence-electron chi connectivity index (χ2n) is 8.26. The number of nitrogens with two attached hydrogens (primary N) is 1. The first-order valence-electron chi connectivity index (χ1n) is 11.7. The van der Waals surface area contributed by atoms with Crippen molar-refractivity contribution < 1.29 is 27.8 Å². The molecule has 4 aromatic rings. The van der Waals surface area contributed by atoms with Crippen LogP contribution in [0.15, 0.2) is 61.1 Å². The molecule has 4 rings (SSSR count). The van der Waals surface area contributed by atoms with Crippen molar-refractivity contribution in [3.63, 3.8) is 0 Å². The first kappa shape index (κ1) is 26.5. The largest absolute Gasteiger partial charge is 0.435 e. The van der Waals surface area contributed by atoms with Crippen molar-refractivity contribution in [1.82, 2.24) is 19.7 Å². The first-order chi connectivity index (χ1) is 18.3. The number of aromatic nitrogens is 3. The Morgan fingerprint density at radius 2 is 1.89 bits per heavy atom. The molecule has 4 N–H and O–H groups in total. The molecule has 0 radical (unpaired) electrons. The molecule has 0 fully saturated rings. The average molecular weight is 525 g/mol. The number of carbonyl (C=O) groups excluding carboxylic acids is 2. The second-order valence-corrected chi connectivity index (χ2v) is 8.26. The number of hydrogen-bond acceptors (Lipinski definition) is 7. The minimum Gasteiger partial charge on any atom is -0.435 e. The smallest absolute Gasteiger partial charge is 0.387 e. The van der Waals surface area contributed by atoms with Gasteiger partial charge in [-0.25, -0.2) is 9.97 Å². The van der Waals surface area contributed by atoms with Crippen LogP contribution in [0.4, 0.5) is 20.3 Å². The van der Waals surface area contributed by atoms with Crippen molar-refractivity contribution >= 4 is 29.0 Å². The first-order valence-corrected chi connectivity index (χ1v) is 11.7. The predicted octanol–water partition coefficient (Wildman–Crippen LogP) is 3.67. The highest BCUT2D eigenvalue weighted by atomic mass is 19.3. The van der Waals surface area contributed by atoms with Crippen LogP contribution in [0.25, 0.3) is 16.9 Å². The molecule has 0 saturated carbocycles. The van der Waals surface area contributed by atoms with Gasteiger partial charge >= 0.3 is 6.61 Å². The van der Waals surface area contributed by atoms with E-state index >= 15 is 0 Å². The Balaban J connectivity index is 1.43. The maximum atomic E-state index is 12.5. The third-order valence-corrected chi connectivity index (χ3v) is 5.56.